The molecule has 1 aliphatic heterocycles. The van der Waals surface area contributed by atoms with Gasteiger partial charge in [-0.15, -0.1) is 0 Å². The van der Waals surface area contributed by atoms with Crippen LogP contribution in [0, 0.1) is 0 Å². The van der Waals surface area contributed by atoms with Gasteiger partial charge >= 0.3 is 8.53 Å². The van der Waals surface area contributed by atoms with Crippen LogP contribution in [0.25, 0.3) is 6.08 Å². The van der Waals surface area contributed by atoms with E-state index in [0.717, 1.165) is 16.9 Å². The fraction of sp³-hybridized carbons (Fsp3) is 0.0769. The van der Waals surface area contributed by atoms with Crippen molar-refractivity contribution in [3.05, 3.63) is 59.7 Å². The van der Waals surface area contributed by atoms with Gasteiger partial charge in [-0.3, -0.25) is 5.50 Å². The highest BCUT2D eigenvalue weighted by Gasteiger charge is 2.21. The molecule has 0 saturated carbocycles. The Morgan fingerprint density at radius 3 is 3.00 bits per heavy atom. The SMILES string of the molecule is NP1Oc2ccccc2/C=C2/C=CC=CC2O1. The Morgan fingerprint density at radius 2 is 2.06 bits per heavy atom. The van der Waals surface area contributed by atoms with Crippen LogP contribution in [0.3, 0.4) is 0 Å². The van der Waals surface area contributed by atoms with E-state index in [1.807, 2.05) is 48.6 Å². The Morgan fingerprint density at radius 1 is 1.18 bits per heavy atom. The molecule has 1 heterocycles. The third kappa shape index (κ3) is 2.18. The van der Waals surface area contributed by atoms with Crippen LogP contribution in [-0.4, -0.2) is 6.10 Å². The van der Waals surface area contributed by atoms with Gasteiger partial charge in [0.2, 0.25) is 0 Å². The third-order valence-corrected chi connectivity index (χ3v) is 3.47. The molecule has 0 amide bonds. The molecule has 2 aliphatic rings. The van der Waals surface area contributed by atoms with E-state index in [9.17, 15) is 0 Å². The maximum absolute atomic E-state index is 5.86. The molecule has 17 heavy (non-hydrogen) atoms. The van der Waals surface area contributed by atoms with E-state index in [-0.39, 0.29) is 6.10 Å². The minimum Gasteiger partial charge on any atom is -0.435 e. The van der Waals surface area contributed by atoms with Crippen LogP contribution in [0.1, 0.15) is 5.56 Å². The molecule has 2 atom stereocenters. The van der Waals surface area contributed by atoms with Gasteiger partial charge in [0, 0.05) is 5.56 Å². The van der Waals surface area contributed by atoms with E-state index >= 15 is 0 Å². The lowest BCUT2D eigenvalue weighted by Gasteiger charge is -2.24. The fourth-order valence-electron chi connectivity index (χ4n) is 1.86. The number of fused-ring (bicyclic) bond motifs is 2. The normalized spacial score (nSPS) is 29.1. The van der Waals surface area contributed by atoms with E-state index < -0.39 is 8.53 Å². The predicted octanol–water partition coefficient (Wildman–Crippen LogP) is 3.16. The molecule has 3 rings (SSSR count). The van der Waals surface area contributed by atoms with E-state index in [1.165, 1.54) is 0 Å². The van der Waals surface area contributed by atoms with Crippen LogP contribution < -0.4 is 10.0 Å². The topological polar surface area (TPSA) is 44.5 Å². The number of para-hydroxylation sites is 1. The van der Waals surface area contributed by atoms with Crippen molar-refractivity contribution in [2.24, 2.45) is 5.50 Å². The first-order valence-electron chi connectivity index (χ1n) is 5.38. The number of hydrogen-bond acceptors (Lipinski definition) is 3. The summed E-state index contributed by atoms with van der Waals surface area (Å²) in [6.45, 7) is 0. The molecule has 0 aromatic heterocycles. The Balaban J connectivity index is 2.09. The van der Waals surface area contributed by atoms with Gasteiger partial charge in [0.1, 0.15) is 11.9 Å². The average molecular weight is 245 g/mol. The first-order chi connectivity index (χ1) is 8.33. The zero-order valence-electron chi connectivity index (χ0n) is 9.11. The smallest absolute Gasteiger partial charge is 0.316 e. The highest BCUT2D eigenvalue weighted by Crippen LogP contribution is 2.40. The van der Waals surface area contributed by atoms with Gasteiger partial charge in [0.05, 0.1) is 0 Å². The monoisotopic (exact) mass is 245 g/mol. The van der Waals surface area contributed by atoms with Crippen molar-refractivity contribution >= 4 is 14.6 Å². The zero-order valence-corrected chi connectivity index (χ0v) is 10.0. The van der Waals surface area contributed by atoms with Crippen molar-refractivity contribution in [2.45, 2.75) is 6.10 Å². The Bertz CT molecular complexity index is 522. The number of benzene rings is 1. The second-order valence-corrected chi connectivity index (χ2v) is 4.79. The molecule has 2 unspecified atom stereocenters. The van der Waals surface area contributed by atoms with Gasteiger partial charge in [0.15, 0.2) is 0 Å². The minimum atomic E-state index is -1.39. The van der Waals surface area contributed by atoms with Crippen molar-refractivity contribution in [3.63, 3.8) is 0 Å². The van der Waals surface area contributed by atoms with E-state index in [2.05, 4.69) is 6.08 Å². The summed E-state index contributed by atoms with van der Waals surface area (Å²) in [6.07, 6.45) is 9.93. The lowest BCUT2D eigenvalue weighted by atomic mass is 10.0. The third-order valence-electron chi connectivity index (χ3n) is 2.66. The average Bonchev–Trinajstić information content (AvgIpc) is 2.31. The predicted molar refractivity (Wildman–Crippen MR) is 69.3 cm³/mol. The Labute approximate surface area is 101 Å². The van der Waals surface area contributed by atoms with Crippen LogP contribution in [0.4, 0.5) is 0 Å². The highest BCUT2D eigenvalue weighted by atomic mass is 31.2. The molecule has 3 nitrogen and oxygen atoms in total. The van der Waals surface area contributed by atoms with Gasteiger partial charge < -0.3 is 9.05 Å². The fourth-order valence-corrected chi connectivity index (χ4v) is 2.68. The summed E-state index contributed by atoms with van der Waals surface area (Å²) in [6, 6.07) is 7.83. The lowest BCUT2D eigenvalue weighted by molar-refractivity contribution is 0.285. The molecule has 0 radical (unpaired) electrons. The van der Waals surface area contributed by atoms with Crippen molar-refractivity contribution < 1.29 is 9.05 Å². The largest absolute Gasteiger partial charge is 0.435 e. The molecule has 0 bridgehead atoms. The van der Waals surface area contributed by atoms with Gasteiger partial charge in [-0.1, -0.05) is 42.5 Å². The maximum Gasteiger partial charge on any atom is 0.316 e. The van der Waals surface area contributed by atoms with Crippen molar-refractivity contribution in [2.75, 3.05) is 0 Å². The molecule has 86 valence electrons. The number of nitrogens with two attached hydrogens (primary N) is 1. The second kappa shape index (κ2) is 4.46. The molecule has 4 heteroatoms. The summed E-state index contributed by atoms with van der Waals surface area (Å²) in [5.74, 6) is 0.773. The summed E-state index contributed by atoms with van der Waals surface area (Å²) in [4.78, 5) is 0. The molecular formula is C13H12NO2P. The summed E-state index contributed by atoms with van der Waals surface area (Å²) in [7, 11) is -1.39. The standard InChI is InChI=1S/C13H12NO2P/c14-17-15-12-7-3-1-5-10(12)9-11-6-2-4-8-13(11)16-17/h1-9,12H,14H2/b10-9-. The molecule has 1 aliphatic carbocycles. The van der Waals surface area contributed by atoms with Gasteiger partial charge in [-0.25, -0.2) is 0 Å². The van der Waals surface area contributed by atoms with Gasteiger partial charge in [-0.2, -0.15) is 0 Å². The summed E-state index contributed by atoms with van der Waals surface area (Å²) >= 11 is 0. The zero-order chi connectivity index (χ0) is 11.7. The molecule has 0 spiro atoms. The molecule has 1 aromatic carbocycles. The molecule has 2 N–H and O–H groups in total. The summed E-state index contributed by atoms with van der Waals surface area (Å²) in [5.41, 5.74) is 8.00. The van der Waals surface area contributed by atoms with Gasteiger partial charge in [-0.05, 0) is 17.7 Å². The van der Waals surface area contributed by atoms with E-state index in [0.29, 0.717) is 0 Å². The Kier molecular flexibility index (Phi) is 2.81. The van der Waals surface area contributed by atoms with Crippen molar-refractivity contribution in [1.29, 1.82) is 0 Å². The molecular weight excluding hydrogens is 233 g/mol. The van der Waals surface area contributed by atoms with E-state index in [1.54, 1.807) is 0 Å². The van der Waals surface area contributed by atoms with Crippen LogP contribution in [-0.2, 0) is 4.52 Å². The maximum atomic E-state index is 5.86. The van der Waals surface area contributed by atoms with Crippen LogP contribution in [0.15, 0.2) is 54.1 Å². The van der Waals surface area contributed by atoms with Crippen LogP contribution >= 0.6 is 8.53 Å². The van der Waals surface area contributed by atoms with Crippen molar-refractivity contribution in [3.8, 4) is 5.75 Å². The Hall–Kier alpha value is -1.41. The minimum absolute atomic E-state index is 0.107. The van der Waals surface area contributed by atoms with E-state index in [4.69, 9.17) is 14.6 Å². The first kappa shape index (κ1) is 10.7. The van der Waals surface area contributed by atoms with Crippen LogP contribution in [0.5, 0.6) is 5.75 Å². The second-order valence-electron chi connectivity index (χ2n) is 3.83. The highest BCUT2D eigenvalue weighted by molar-refractivity contribution is 7.45. The number of hydrogen-bond donors (Lipinski definition) is 1. The lowest BCUT2D eigenvalue weighted by Crippen LogP contribution is -2.16. The number of rotatable bonds is 0. The number of allylic oxidation sites excluding steroid dienone is 2. The molecule has 0 saturated heterocycles. The summed E-state index contributed by atoms with van der Waals surface area (Å²) in [5, 5.41) is 0. The van der Waals surface area contributed by atoms with Crippen LogP contribution in [0.2, 0.25) is 0 Å². The summed E-state index contributed by atoms with van der Waals surface area (Å²) < 4.78 is 11.3. The first-order valence-corrected chi connectivity index (χ1v) is 6.63. The molecule has 1 aromatic rings. The van der Waals surface area contributed by atoms with Crippen molar-refractivity contribution in [1.82, 2.24) is 0 Å². The van der Waals surface area contributed by atoms with Gasteiger partial charge in [0.25, 0.3) is 0 Å². The molecule has 0 fully saturated rings. The quantitative estimate of drug-likeness (QED) is 0.714.